The van der Waals surface area contributed by atoms with Crippen LogP contribution in [0.2, 0.25) is 0 Å². The monoisotopic (exact) mass is 274 g/mol. The van der Waals surface area contributed by atoms with Crippen molar-refractivity contribution in [3.63, 3.8) is 0 Å². The van der Waals surface area contributed by atoms with Crippen LogP contribution in [0.3, 0.4) is 0 Å². The molecule has 106 valence electrons. The summed E-state index contributed by atoms with van der Waals surface area (Å²) in [5.41, 5.74) is 8.02. The number of aromatic amines is 1. The van der Waals surface area contributed by atoms with Crippen molar-refractivity contribution in [2.75, 3.05) is 18.2 Å². The van der Waals surface area contributed by atoms with Gasteiger partial charge in [0.15, 0.2) is 5.69 Å². The first-order valence-corrected chi connectivity index (χ1v) is 6.43. The number of H-pyrrole nitrogens is 1. The van der Waals surface area contributed by atoms with Gasteiger partial charge < -0.3 is 15.8 Å². The van der Waals surface area contributed by atoms with Gasteiger partial charge in [-0.05, 0) is 30.7 Å². The smallest absolute Gasteiger partial charge is 0.278 e. The second-order valence-electron chi connectivity index (χ2n) is 4.40. The molecular formula is C14H18N4O2. The van der Waals surface area contributed by atoms with E-state index in [1.165, 1.54) is 0 Å². The van der Waals surface area contributed by atoms with Crippen LogP contribution in [-0.4, -0.2) is 23.2 Å². The minimum Gasteiger partial charge on any atom is -0.497 e. The van der Waals surface area contributed by atoms with Gasteiger partial charge >= 0.3 is 0 Å². The van der Waals surface area contributed by atoms with E-state index in [1.54, 1.807) is 31.4 Å². The molecule has 0 aliphatic heterocycles. The SMILES string of the molecule is CCCc1[nH]nc(C(=O)Nc2ccc(OC)cc2)c1N. The standard InChI is InChI=1S/C14H18N4O2/c1-3-4-11-12(15)13(18-17-11)14(19)16-9-5-7-10(20-2)8-6-9/h5-8H,3-4,15H2,1-2H3,(H,16,19)(H,17,18). The van der Waals surface area contributed by atoms with Crippen LogP contribution in [0, 0.1) is 0 Å². The highest BCUT2D eigenvalue weighted by molar-refractivity contribution is 6.06. The second-order valence-corrected chi connectivity index (χ2v) is 4.40. The molecule has 6 heteroatoms. The lowest BCUT2D eigenvalue weighted by molar-refractivity contribution is 0.102. The van der Waals surface area contributed by atoms with E-state index in [9.17, 15) is 4.79 Å². The number of amides is 1. The highest BCUT2D eigenvalue weighted by atomic mass is 16.5. The number of methoxy groups -OCH3 is 1. The lowest BCUT2D eigenvalue weighted by Crippen LogP contribution is -2.14. The molecule has 1 aromatic carbocycles. The average Bonchev–Trinajstić information content (AvgIpc) is 2.82. The minimum absolute atomic E-state index is 0.226. The fourth-order valence-electron chi connectivity index (χ4n) is 1.87. The molecule has 0 unspecified atom stereocenters. The fraction of sp³-hybridized carbons (Fsp3) is 0.286. The molecule has 0 aliphatic rings. The Labute approximate surface area is 117 Å². The highest BCUT2D eigenvalue weighted by Crippen LogP contribution is 2.19. The summed E-state index contributed by atoms with van der Waals surface area (Å²) < 4.78 is 5.06. The number of hydrogen-bond acceptors (Lipinski definition) is 4. The van der Waals surface area contributed by atoms with Gasteiger partial charge in [0.25, 0.3) is 5.91 Å². The molecule has 0 bridgehead atoms. The van der Waals surface area contributed by atoms with Crippen molar-refractivity contribution in [2.24, 2.45) is 0 Å². The van der Waals surface area contributed by atoms with E-state index in [0.29, 0.717) is 11.4 Å². The van der Waals surface area contributed by atoms with E-state index in [-0.39, 0.29) is 11.6 Å². The molecule has 0 saturated carbocycles. The Morgan fingerprint density at radius 3 is 2.70 bits per heavy atom. The number of aryl methyl sites for hydroxylation is 1. The average molecular weight is 274 g/mol. The largest absolute Gasteiger partial charge is 0.497 e. The summed E-state index contributed by atoms with van der Waals surface area (Å²) >= 11 is 0. The predicted octanol–water partition coefficient (Wildman–Crippen LogP) is 2.21. The molecule has 6 nitrogen and oxygen atoms in total. The number of benzene rings is 1. The molecule has 0 fully saturated rings. The summed E-state index contributed by atoms with van der Waals surface area (Å²) in [6, 6.07) is 7.05. The zero-order chi connectivity index (χ0) is 14.5. The van der Waals surface area contributed by atoms with E-state index in [1.807, 2.05) is 6.92 Å². The van der Waals surface area contributed by atoms with Crippen molar-refractivity contribution >= 4 is 17.3 Å². The van der Waals surface area contributed by atoms with Crippen LogP contribution in [0.25, 0.3) is 0 Å². The van der Waals surface area contributed by atoms with E-state index in [0.717, 1.165) is 24.3 Å². The Morgan fingerprint density at radius 1 is 1.40 bits per heavy atom. The van der Waals surface area contributed by atoms with Gasteiger partial charge in [0.1, 0.15) is 5.75 Å². The van der Waals surface area contributed by atoms with Gasteiger partial charge in [-0.25, -0.2) is 0 Å². The van der Waals surface area contributed by atoms with Crippen LogP contribution in [0.4, 0.5) is 11.4 Å². The van der Waals surface area contributed by atoms with Gasteiger partial charge in [0, 0.05) is 5.69 Å². The summed E-state index contributed by atoms with van der Waals surface area (Å²) in [6.45, 7) is 2.04. The Balaban J connectivity index is 2.11. The second kappa shape index (κ2) is 6.10. The number of rotatable bonds is 5. The Hall–Kier alpha value is -2.50. The maximum absolute atomic E-state index is 12.1. The molecule has 2 rings (SSSR count). The number of carbonyl (C=O) groups excluding carboxylic acids is 1. The first kappa shape index (κ1) is 13.9. The van der Waals surface area contributed by atoms with E-state index in [4.69, 9.17) is 10.5 Å². The first-order chi connectivity index (χ1) is 9.65. The van der Waals surface area contributed by atoms with Crippen molar-refractivity contribution in [1.29, 1.82) is 0 Å². The van der Waals surface area contributed by atoms with Crippen molar-refractivity contribution in [1.82, 2.24) is 10.2 Å². The van der Waals surface area contributed by atoms with Crippen LogP contribution < -0.4 is 15.8 Å². The van der Waals surface area contributed by atoms with Crippen LogP contribution in [0.1, 0.15) is 29.5 Å². The lowest BCUT2D eigenvalue weighted by atomic mass is 10.2. The molecule has 0 aliphatic carbocycles. The van der Waals surface area contributed by atoms with Crippen LogP contribution in [-0.2, 0) is 6.42 Å². The van der Waals surface area contributed by atoms with Gasteiger partial charge in [0.05, 0.1) is 18.5 Å². The van der Waals surface area contributed by atoms with Crippen LogP contribution in [0.5, 0.6) is 5.75 Å². The maximum Gasteiger partial charge on any atom is 0.278 e. The number of hydrogen-bond donors (Lipinski definition) is 3. The van der Waals surface area contributed by atoms with Gasteiger partial charge in [0.2, 0.25) is 0 Å². The van der Waals surface area contributed by atoms with Crippen molar-refractivity contribution in [3.8, 4) is 5.75 Å². The maximum atomic E-state index is 12.1. The summed E-state index contributed by atoms with van der Waals surface area (Å²) in [4.78, 5) is 12.1. The third kappa shape index (κ3) is 2.90. The van der Waals surface area contributed by atoms with Crippen molar-refractivity contribution in [3.05, 3.63) is 35.7 Å². The summed E-state index contributed by atoms with van der Waals surface area (Å²) in [5, 5.41) is 9.53. The molecule has 0 radical (unpaired) electrons. The van der Waals surface area contributed by atoms with E-state index in [2.05, 4.69) is 15.5 Å². The number of nitrogens with zero attached hydrogens (tertiary/aromatic N) is 1. The normalized spacial score (nSPS) is 10.3. The number of anilines is 2. The molecule has 0 atom stereocenters. The molecule has 1 amide bonds. The zero-order valence-electron chi connectivity index (χ0n) is 11.6. The number of nitrogen functional groups attached to an aromatic ring is 1. The lowest BCUT2D eigenvalue weighted by Gasteiger charge is -2.05. The first-order valence-electron chi connectivity index (χ1n) is 6.43. The number of aromatic nitrogens is 2. The summed E-state index contributed by atoms with van der Waals surface area (Å²) in [6.07, 6.45) is 1.71. The Kier molecular flexibility index (Phi) is 4.24. The van der Waals surface area contributed by atoms with Gasteiger partial charge in [-0.15, -0.1) is 0 Å². The predicted molar refractivity (Wildman–Crippen MR) is 77.9 cm³/mol. The molecule has 2 aromatic rings. The van der Waals surface area contributed by atoms with Gasteiger partial charge in [-0.1, -0.05) is 13.3 Å². The molecule has 0 saturated heterocycles. The van der Waals surface area contributed by atoms with Crippen molar-refractivity contribution in [2.45, 2.75) is 19.8 Å². The molecule has 20 heavy (non-hydrogen) atoms. The third-order valence-corrected chi connectivity index (χ3v) is 2.95. The number of nitrogens with one attached hydrogen (secondary N) is 2. The molecule has 0 spiro atoms. The number of ether oxygens (including phenoxy) is 1. The molecule has 1 heterocycles. The van der Waals surface area contributed by atoms with Gasteiger partial charge in [-0.2, -0.15) is 5.10 Å². The van der Waals surface area contributed by atoms with Gasteiger partial charge in [-0.3, -0.25) is 9.89 Å². The summed E-state index contributed by atoms with van der Waals surface area (Å²) in [7, 11) is 1.59. The van der Waals surface area contributed by atoms with E-state index >= 15 is 0 Å². The Bertz CT molecular complexity index is 590. The van der Waals surface area contributed by atoms with Crippen LogP contribution >= 0.6 is 0 Å². The van der Waals surface area contributed by atoms with E-state index < -0.39 is 0 Å². The third-order valence-electron chi connectivity index (χ3n) is 2.95. The topological polar surface area (TPSA) is 93.0 Å². The Morgan fingerprint density at radius 2 is 2.10 bits per heavy atom. The minimum atomic E-state index is -0.328. The number of carbonyl (C=O) groups is 1. The highest BCUT2D eigenvalue weighted by Gasteiger charge is 2.16. The van der Waals surface area contributed by atoms with Crippen LogP contribution in [0.15, 0.2) is 24.3 Å². The molecular weight excluding hydrogens is 256 g/mol. The molecule has 4 N–H and O–H groups in total. The number of nitrogens with two attached hydrogens (primary N) is 1. The van der Waals surface area contributed by atoms with Crippen molar-refractivity contribution < 1.29 is 9.53 Å². The zero-order valence-corrected chi connectivity index (χ0v) is 11.6. The molecule has 1 aromatic heterocycles. The summed E-state index contributed by atoms with van der Waals surface area (Å²) in [5.74, 6) is 0.402. The fourth-order valence-corrected chi connectivity index (χ4v) is 1.87. The quantitative estimate of drug-likeness (QED) is 0.779.